The Labute approximate surface area is 197 Å². The van der Waals surface area contributed by atoms with Gasteiger partial charge >= 0.3 is 0 Å². The summed E-state index contributed by atoms with van der Waals surface area (Å²) in [6.45, 7) is 0. The minimum atomic E-state index is -0.0302. The number of nitrogens with one attached hydrogen (secondary N) is 1. The minimum Gasteiger partial charge on any atom is -0.326 e. The summed E-state index contributed by atoms with van der Waals surface area (Å²) in [5.41, 5.74) is 6.70. The molecular weight excluding hydrogens is 430 g/mol. The van der Waals surface area contributed by atoms with Crippen molar-refractivity contribution < 1.29 is 4.79 Å². The number of imidazole rings is 1. The van der Waals surface area contributed by atoms with Gasteiger partial charge in [0.1, 0.15) is 5.65 Å². The fourth-order valence-electron chi connectivity index (χ4n) is 3.95. The van der Waals surface area contributed by atoms with Crippen LogP contribution in [0.1, 0.15) is 12.1 Å². The zero-order valence-corrected chi connectivity index (χ0v) is 18.7. The first-order chi connectivity index (χ1) is 16.2. The van der Waals surface area contributed by atoms with Crippen molar-refractivity contribution in [3.8, 4) is 22.4 Å². The number of carbonyl (C=O) groups is 1. The van der Waals surface area contributed by atoms with Gasteiger partial charge in [0.25, 0.3) is 0 Å². The second-order valence-corrected chi connectivity index (χ2v) is 8.28. The Balaban J connectivity index is 1.52. The van der Waals surface area contributed by atoms with Crippen molar-refractivity contribution in [2.24, 2.45) is 0 Å². The van der Waals surface area contributed by atoms with Crippen molar-refractivity contribution in [2.45, 2.75) is 12.8 Å². The number of rotatable bonds is 6. The minimum absolute atomic E-state index is 0.0302. The fraction of sp³-hybridized carbons (Fsp3) is 0.0714. The molecule has 0 aliphatic carbocycles. The van der Waals surface area contributed by atoms with Crippen LogP contribution in [-0.2, 0) is 11.2 Å². The van der Waals surface area contributed by atoms with Gasteiger partial charge in [-0.25, -0.2) is 4.98 Å². The number of anilines is 1. The Bertz CT molecular complexity index is 1390. The number of benzene rings is 3. The monoisotopic (exact) mass is 451 g/mol. The first kappa shape index (κ1) is 21.0. The molecule has 2 heterocycles. The van der Waals surface area contributed by atoms with Crippen molar-refractivity contribution in [3.63, 3.8) is 0 Å². The molecule has 1 amide bonds. The molecule has 1 N–H and O–H groups in total. The Morgan fingerprint density at radius 1 is 0.788 bits per heavy atom. The van der Waals surface area contributed by atoms with Crippen molar-refractivity contribution in [1.29, 1.82) is 0 Å². The number of amides is 1. The molecule has 3 aromatic carbocycles. The SMILES string of the molecule is O=C(CCc1c(-c2ccc(Cl)cc2)nc2ccc(-c3ccccc3)cn12)Nc1ccccc1. The average molecular weight is 452 g/mol. The molecule has 0 saturated carbocycles. The highest BCUT2D eigenvalue weighted by molar-refractivity contribution is 6.30. The smallest absolute Gasteiger partial charge is 0.224 e. The molecule has 0 aliphatic rings. The molecule has 0 fully saturated rings. The van der Waals surface area contributed by atoms with Crippen molar-refractivity contribution in [1.82, 2.24) is 9.38 Å². The van der Waals surface area contributed by atoms with Gasteiger partial charge in [0.2, 0.25) is 5.91 Å². The van der Waals surface area contributed by atoms with Crippen molar-refractivity contribution in [3.05, 3.63) is 114 Å². The van der Waals surface area contributed by atoms with E-state index >= 15 is 0 Å². The van der Waals surface area contributed by atoms with E-state index in [9.17, 15) is 4.79 Å². The summed E-state index contributed by atoms with van der Waals surface area (Å²) in [7, 11) is 0. The lowest BCUT2D eigenvalue weighted by molar-refractivity contribution is -0.116. The zero-order valence-electron chi connectivity index (χ0n) is 17.9. The van der Waals surface area contributed by atoms with E-state index in [1.54, 1.807) is 0 Å². The number of carbonyl (C=O) groups excluding carboxylic acids is 1. The van der Waals surface area contributed by atoms with Crippen LogP contribution in [0.25, 0.3) is 28.0 Å². The number of aromatic nitrogens is 2. The van der Waals surface area contributed by atoms with Crippen LogP contribution in [-0.4, -0.2) is 15.3 Å². The van der Waals surface area contributed by atoms with Gasteiger partial charge in [-0.05, 0) is 53.9 Å². The number of hydrogen-bond acceptors (Lipinski definition) is 2. The molecule has 0 bridgehead atoms. The van der Waals surface area contributed by atoms with E-state index in [-0.39, 0.29) is 5.91 Å². The number of pyridine rings is 1. The lowest BCUT2D eigenvalue weighted by Gasteiger charge is -2.09. The summed E-state index contributed by atoms with van der Waals surface area (Å²) >= 11 is 6.11. The van der Waals surface area contributed by atoms with E-state index in [0.29, 0.717) is 17.9 Å². The molecule has 2 aromatic heterocycles. The highest BCUT2D eigenvalue weighted by Gasteiger charge is 2.16. The number of para-hydroxylation sites is 1. The maximum absolute atomic E-state index is 12.7. The molecule has 0 atom stereocenters. The maximum atomic E-state index is 12.7. The molecule has 162 valence electrons. The first-order valence-corrected chi connectivity index (χ1v) is 11.2. The van der Waals surface area contributed by atoms with Gasteiger partial charge in [-0.2, -0.15) is 0 Å². The van der Waals surface area contributed by atoms with E-state index < -0.39 is 0 Å². The van der Waals surface area contributed by atoms with E-state index in [1.807, 2.05) is 78.9 Å². The standard InChI is InChI=1S/C28H22ClN3O/c29-23-14-11-21(12-15-23)28-25(16-18-27(33)30-24-9-5-2-6-10-24)32-19-22(13-17-26(32)31-28)20-7-3-1-4-8-20/h1-15,17,19H,16,18H2,(H,30,33). The fourth-order valence-corrected chi connectivity index (χ4v) is 4.08. The molecule has 33 heavy (non-hydrogen) atoms. The summed E-state index contributed by atoms with van der Waals surface area (Å²) in [6.07, 6.45) is 3.00. The van der Waals surface area contributed by atoms with Gasteiger partial charge < -0.3 is 9.72 Å². The molecule has 5 aromatic rings. The summed E-state index contributed by atoms with van der Waals surface area (Å²) in [5, 5.41) is 3.65. The lowest BCUT2D eigenvalue weighted by Crippen LogP contribution is -2.13. The van der Waals surface area contributed by atoms with Crippen LogP contribution in [0.4, 0.5) is 5.69 Å². The third kappa shape index (κ3) is 4.66. The summed E-state index contributed by atoms with van der Waals surface area (Å²) < 4.78 is 2.10. The molecule has 0 spiro atoms. The van der Waals surface area contributed by atoms with Crippen molar-refractivity contribution in [2.75, 3.05) is 5.32 Å². The molecular formula is C28H22ClN3O. The van der Waals surface area contributed by atoms with E-state index in [1.165, 1.54) is 0 Å². The van der Waals surface area contributed by atoms with Crippen LogP contribution in [0.5, 0.6) is 0 Å². The molecule has 0 unspecified atom stereocenters. The number of nitrogens with zero attached hydrogens (tertiary/aromatic N) is 2. The molecule has 5 heteroatoms. The van der Waals surface area contributed by atoms with Crippen LogP contribution >= 0.6 is 11.6 Å². The Morgan fingerprint density at radius 2 is 1.45 bits per heavy atom. The van der Waals surface area contributed by atoms with Crippen LogP contribution in [0.2, 0.25) is 5.02 Å². The van der Waals surface area contributed by atoms with Crippen molar-refractivity contribution >= 4 is 28.8 Å². The highest BCUT2D eigenvalue weighted by atomic mass is 35.5. The predicted octanol–water partition coefficient (Wildman–Crippen LogP) is 6.89. The quantitative estimate of drug-likeness (QED) is 0.305. The summed E-state index contributed by atoms with van der Waals surface area (Å²) in [6, 6.07) is 31.5. The summed E-state index contributed by atoms with van der Waals surface area (Å²) in [5.74, 6) is -0.0302. The molecule has 0 aliphatic heterocycles. The Morgan fingerprint density at radius 3 is 2.18 bits per heavy atom. The number of halogens is 1. The van der Waals surface area contributed by atoms with Crippen LogP contribution < -0.4 is 5.32 Å². The van der Waals surface area contributed by atoms with Crippen LogP contribution in [0.15, 0.2) is 103 Å². The molecule has 0 saturated heterocycles. The number of fused-ring (bicyclic) bond motifs is 1. The van der Waals surface area contributed by atoms with Gasteiger partial charge in [0.15, 0.2) is 0 Å². The van der Waals surface area contributed by atoms with E-state index in [0.717, 1.165) is 39.4 Å². The molecule has 5 rings (SSSR count). The first-order valence-electron chi connectivity index (χ1n) is 10.8. The van der Waals surface area contributed by atoms with Crippen LogP contribution in [0.3, 0.4) is 0 Å². The lowest BCUT2D eigenvalue weighted by atomic mass is 10.1. The van der Waals surface area contributed by atoms with E-state index in [4.69, 9.17) is 16.6 Å². The number of aryl methyl sites for hydroxylation is 1. The largest absolute Gasteiger partial charge is 0.326 e. The Hall–Kier alpha value is -3.89. The normalized spacial score (nSPS) is 10.9. The second-order valence-electron chi connectivity index (χ2n) is 7.84. The Kier molecular flexibility index (Phi) is 5.92. The van der Waals surface area contributed by atoms with Gasteiger partial charge in [0, 0.05) is 28.9 Å². The number of hydrogen-bond donors (Lipinski definition) is 1. The van der Waals surface area contributed by atoms with Gasteiger partial charge in [-0.1, -0.05) is 72.3 Å². The third-order valence-corrected chi connectivity index (χ3v) is 5.84. The predicted molar refractivity (Wildman–Crippen MR) is 134 cm³/mol. The van der Waals surface area contributed by atoms with Crippen LogP contribution in [0, 0.1) is 0 Å². The summed E-state index contributed by atoms with van der Waals surface area (Å²) in [4.78, 5) is 17.6. The third-order valence-electron chi connectivity index (χ3n) is 5.59. The average Bonchev–Trinajstić information content (AvgIpc) is 3.22. The van der Waals surface area contributed by atoms with E-state index in [2.05, 4.69) is 34.1 Å². The molecule has 0 radical (unpaired) electrons. The molecule has 4 nitrogen and oxygen atoms in total. The topological polar surface area (TPSA) is 46.4 Å². The zero-order chi connectivity index (χ0) is 22.6. The second kappa shape index (κ2) is 9.31. The van der Waals surface area contributed by atoms with Gasteiger partial charge in [0.05, 0.1) is 11.4 Å². The highest BCUT2D eigenvalue weighted by Crippen LogP contribution is 2.29. The van der Waals surface area contributed by atoms with Gasteiger partial charge in [-0.15, -0.1) is 0 Å². The maximum Gasteiger partial charge on any atom is 0.224 e. The van der Waals surface area contributed by atoms with Gasteiger partial charge in [-0.3, -0.25) is 4.79 Å².